The molecule has 1 saturated heterocycles. The van der Waals surface area contributed by atoms with Crippen molar-refractivity contribution in [3.05, 3.63) is 33.3 Å². The molecule has 0 bridgehead atoms. The Morgan fingerprint density at radius 3 is 2.86 bits per heavy atom. The van der Waals surface area contributed by atoms with Gasteiger partial charge in [-0.15, -0.1) is 0 Å². The van der Waals surface area contributed by atoms with E-state index in [1.807, 2.05) is 0 Å². The second-order valence-corrected chi connectivity index (χ2v) is 6.37. The summed E-state index contributed by atoms with van der Waals surface area (Å²) in [4.78, 5) is 34.7. The highest BCUT2D eigenvalue weighted by atomic mass is 35.5. The Morgan fingerprint density at radius 2 is 2.29 bits per heavy atom. The SMILES string of the molecule is CC(=O)SCC1CC(=O)N(c2ccc([N+](=O)[O-])cc2Cl)C1. The molecule has 0 aliphatic carbocycles. The largest absolute Gasteiger partial charge is 0.311 e. The molecule has 1 atom stereocenters. The molecule has 2 rings (SSSR count). The molecule has 6 nitrogen and oxygen atoms in total. The van der Waals surface area contributed by atoms with E-state index in [9.17, 15) is 19.7 Å². The summed E-state index contributed by atoms with van der Waals surface area (Å²) in [6.07, 6.45) is 0.355. The van der Waals surface area contributed by atoms with E-state index >= 15 is 0 Å². The van der Waals surface area contributed by atoms with Gasteiger partial charge in [-0.2, -0.15) is 0 Å². The van der Waals surface area contributed by atoms with Crippen LogP contribution in [0.4, 0.5) is 11.4 Å². The van der Waals surface area contributed by atoms with Gasteiger partial charge in [-0.25, -0.2) is 0 Å². The molecule has 1 aliphatic heterocycles. The molecule has 1 amide bonds. The van der Waals surface area contributed by atoms with Gasteiger partial charge in [0, 0.05) is 37.8 Å². The fourth-order valence-electron chi connectivity index (χ4n) is 2.19. The highest BCUT2D eigenvalue weighted by molar-refractivity contribution is 8.13. The van der Waals surface area contributed by atoms with Crippen molar-refractivity contribution in [1.82, 2.24) is 0 Å². The molecule has 112 valence electrons. The summed E-state index contributed by atoms with van der Waals surface area (Å²) in [5.74, 6) is 0.583. The monoisotopic (exact) mass is 328 g/mol. The van der Waals surface area contributed by atoms with Crippen LogP contribution in [0.1, 0.15) is 13.3 Å². The van der Waals surface area contributed by atoms with Crippen LogP contribution in [0.3, 0.4) is 0 Å². The van der Waals surface area contributed by atoms with Gasteiger partial charge in [0.15, 0.2) is 5.12 Å². The highest BCUT2D eigenvalue weighted by Crippen LogP contribution is 2.34. The predicted molar refractivity (Wildman–Crippen MR) is 81.7 cm³/mol. The normalized spacial score (nSPS) is 18.1. The molecule has 1 aromatic rings. The van der Waals surface area contributed by atoms with E-state index in [4.69, 9.17) is 11.6 Å². The third kappa shape index (κ3) is 3.74. The maximum absolute atomic E-state index is 12.0. The van der Waals surface area contributed by atoms with Gasteiger partial charge >= 0.3 is 0 Å². The fraction of sp³-hybridized carbons (Fsp3) is 0.385. The molecule has 1 fully saturated rings. The average molecular weight is 329 g/mol. The van der Waals surface area contributed by atoms with Crippen LogP contribution in [-0.4, -0.2) is 28.2 Å². The lowest BCUT2D eigenvalue weighted by atomic mass is 10.1. The summed E-state index contributed by atoms with van der Waals surface area (Å²) in [6.45, 7) is 1.96. The van der Waals surface area contributed by atoms with Crippen molar-refractivity contribution in [2.24, 2.45) is 5.92 Å². The molecular weight excluding hydrogens is 316 g/mol. The van der Waals surface area contributed by atoms with Gasteiger partial charge in [0.05, 0.1) is 15.6 Å². The minimum absolute atomic E-state index is 0.0225. The first-order valence-corrected chi connectivity index (χ1v) is 7.62. The molecule has 1 aliphatic rings. The minimum atomic E-state index is -0.534. The Kier molecular flexibility index (Phi) is 4.84. The first-order chi connectivity index (χ1) is 9.88. The van der Waals surface area contributed by atoms with E-state index in [-0.39, 0.29) is 27.7 Å². The second-order valence-electron chi connectivity index (χ2n) is 4.77. The van der Waals surface area contributed by atoms with Crippen LogP contribution < -0.4 is 4.90 Å². The van der Waals surface area contributed by atoms with Crippen molar-refractivity contribution in [2.75, 3.05) is 17.2 Å². The van der Waals surface area contributed by atoms with E-state index in [1.165, 1.54) is 41.8 Å². The first-order valence-electron chi connectivity index (χ1n) is 6.26. The minimum Gasteiger partial charge on any atom is -0.311 e. The summed E-state index contributed by atoms with van der Waals surface area (Å²) < 4.78 is 0. The van der Waals surface area contributed by atoms with Gasteiger partial charge in [-0.1, -0.05) is 23.4 Å². The zero-order valence-electron chi connectivity index (χ0n) is 11.2. The predicted octanol–water partition coefficient (Wildman–Crippen LogP) is 2.88. The lowest BCUT2D eigenvalue weighted by Crippen LogP contribution is -2.25. The summed E-state index contributed by atoms with van der Waals surface area (Å²) in [6, 6.07) is 4.05. The number of amides is 1. The second kappa shape index (κ2) is 6.44. The number of rotatable bonds is 4. The van der Waals surface area contributed by atoms with Crippen molar-refractivity contribution in [3.8, 4) is 0 Å². The van der Waals surface area contributed by atoms with Crippen LogP contribution in [0.5, 0.6) is 0 Å². The fourth-order valence-corrected chi connectivity index (χ4v) is 3.16. The zero-order chi connectivity index (χ0) is 15.6. The van der Waals surface area contributed by atoms with Crippen molar-refractivity contribution < 1.29 is 14.5 Å². The molecule has 8 heteroatoms. The van der Waals surface area contributed by atoms with Gasteiger partial charge in [0.2, 0.25) is 5.91 Å². The number of nitrogens with zero attached hydrogens (tertiary/aromatic N) is 2. The van der Waals surface area contributed by atoms with Crippen LogP contribution in [-0.2, 0) is 9.59 Å². The van der Waals surface area contributed by atoms with Crippen molar-refractivity contribution in [1.29, 1.82) is 0 Å². The molecule has 0 aromatic heterocycles. The molecule has 21 heavy (non-hydrogen) atoms. The number of anilines is 1. The summed E-state index contributed by atoms with van der Waals surface area (Å²) in [5.41, 5.74) is 0.363. The molecule has 1 aromatic carbocycles. The number of halogens is 1. The van der Waals surface area contributed by atoms with Crippen LogP contribution in [0.15, 0.2) is 18.2 Å². The molecule has 0 spiro atoms. The Balaban J connectivity index is 2.13. The Hall–Kier alpha value is -1.60. The number of benzene rings is 1. The van der Waals surface area contributed by atoms with Gasteiger partial charge in [0.25, 0.3) is 5.69 Å². The number of hydrogen-bond acceptors (Lipinski definition) is 5. The van der Waals surface area contributed by atoms with E-state index in [0.29, 0.717) is 24.4 Å². The number of non-ortho nitro benzene ring substituents is 1. The number of nitro benzene ring substituents is 1. The molecule has 0 N–H and O–H groups in total. The standard InChI is InChI=1S/C13H13ClN2O4S/c1-8(17)21-7-9-4-13(18)15(6-9)12-3-2-10(16(19)20)5-11(12)14/h2-3,5,9H,4,6-7H2,1H3. The number of carbonyl (C=O) groups is 2. The zero-order valence-corrected chi connectivity index (χ0v) is 12.8. The average Bonchev–Trinajstić information content (AvgIpc) is 2.77. The molecule has 1 unspecified atom stereocenters. The Bertz CT molecular complexity index is 608. The maximum Gasteiger partial charge on any atom is 0.271 e. The van der Waals surface area contributed by atoms with Gasteiger partial charge in [-0.05, 0) is 12.0 Å². The molecule has 0 saturated carbocycles. The first kappa shape index (κ1) is 15.8. The van der Waals surface area contributed by atoms with Crippen LogP contribution in [0, 0.1) is 16.0 Å². The van der Waals surface area contributed by atoms with E-state index in [2.05, 4.69) is 0 Å². The quantitative estimate of drug-likeness (QED) is 0.627. The third-order valence-corrected chi connectivity index (χ3v) is 4.51. The van der Waals surface area contributed by atoms with Crippen molar-refractivity contribution in [3.63, 3.8) is 0 Å². The highest BCUT2D eigenvalue weighted by Gasteiger charge is 2.32. The van der Waals surface area contributed by atoms with Crippen LogP contribution >= 0.6 is 23.4 Å². The third-order valence-electron chi connectivity index (χ3n) is 3.16. The van der Waals surface area contributed by atoms with E-state index in [0.717, 1.165) is 0 Å². The summed E-state index contributed by atoms with van der Waals surface area (Å²) in [7, 11) is 0. The summed E-state index contributed by atoms with van der Waals surface area (Å²) >= 11 is 7.23. The van der Waals surface area contributed by atoms with Crippen molar-refractivity contribution >= 4 is 45.8 Å². The molecule has 0 radical (unpaired) electrons. The number of carbonyl (C=O) groups excluding carboxylic acids is 2. The van der Waals surface area contributed by atoms with E-state index < -0.39 is 4.92 Å². The van der Waals surface area contributed by atoms with Crippen LogP contribution in [0.25, 0.3) is 0 Å². The van der Waals surface area contributed by atoms with Gasteiger partial charge < -0.3 is 4.90 Å². The van der Waals surface area contributed by atoms with E-state index in [1.54, 1.807) is 0 Å². The molecule has 1 heterocycles. The lowest BCUT2D eigenvalue weighted by molar-refractivity contribution is -0.384. The molecular formula is C13H13ClN2O4S. The van der Waals surface area contributed by atoms with Gasteiger partial charge in [-0.3, -0.25) is 19.7 Å². The van der Waals surface area contributed by atoms with Gasteiger partial charge in [0.1, 0.15) is 0 Å². The van der Waals surface area contributed by atoms with Crippen LogP contribution in [0.2, 0.25) is 5.02 Å². The van der Waals surface area contributed by atoms with Crippen molar-refractivity contribution in [2.45, 2.75) is 13.3 Å². The maximum atomic E-state index is 12.0. The lowest BCUT2D eigenvalue weighted by Gasteiger charge is -2.18. The number of hydrogen-bond donors (Lipinski definition) is 0. The summed E-state index contributed by atoms with van der Waals surface area (Å²) in [5, 5.41) is 10.9. The Labute approximate surface area is 130 Å². The number of nitro groups is 1. The number of thioether (sulfide) groups is 1. The topological polar surface area (TPSA) is 80.5 Å². The Morgan fingerprint density at radius 1 is 1.57 bits per heavy atom. The smallest absolute Gasteiger partial charge is 0.271 e.